The highest BCUT2D eigenvalue weighted by molar-refractivity contribution is 5.56. The topological polar surface area (TPSA) is 70.0 Å². The van der Waals surface area contributed by atoms with Gasteiger partial charge in [0.2, 0.25) is 0 Å². The number of hydrogen-bond donors (Lipinski definition) is 0. The van der Waals surface area contributed by atoms with E-state index in [4.69, 9.17) is 9.47 Å². The van der Waals surface area contributed by atoms with Gasteiger partial charge in [-0.1, -0.05) is 175 Å². The maximum absolute atomic E-state index is 5.91. The quantitative estimate of drug-likeness (QED) is 0.0506. The van der Waals surface area contributed by atoms with Crippen LogP contribution in [0, 0.1) is 23.7 Å². The number of nitrogens with zero attached hydrogens (tertiary/aromatic N) is 4. The molecule has 0 amide bonds. The second-order valence-electron chi connectivity index (χ2n) is 19.9. The van der Waals surface area contributed by atoms with E-state index in [0.29, 0.717) is 0 Å². The lowest BCUT2D eigenvalue weighted by Crippen LogP contribution is -2.15. The van der Waals surface area contributed by atoms with Crippen LogP contribution in [0.2, 0.25) is 0 Å². The Morgan fingerprint density at radius 2 is 0.723 bits per heavy atom. The molecule has 0 N–H and O–H groups in total. The standard InChI is InChI=1S/C30H46N2O.C29H44N2O/c1-3-5-6-7-8-9-10-22-33-29-20-18-28(19-21-29)30-31-23-27(24-32-30)17-16-26-14-12-25(11-4-2)13-15-26;1-3-5-6-7-8-9-10-21-32-28-19-17-27(18-20-28)29-30-22-26(23-31-29)16-15-25-13-11-24(4-2)12-14-25/h18-21,23-26H,3-17,22H2,1-2H3;17-20,22-25H,3-16,21H2,1-2H3. The number of aromatic nitrogens is 4. The molecule has 2 fully saturated rings. The summed E-state index contributed by atoms with van der Waals surface area (Å²) in [4.78, 5) is 18.6. The van der Waals surface area contributed by atoms with Gasteiger partial charge in [-0.3, -0.25) is 0 Å². The van der Waals surface area contributed by atoms with E-state index in [2.05, 4.69) is 71.9 Å². The van der Waals surface area contributed by atoms with Crippen LogP contribution in [0.4, 0.5) is 0 Å². The summed E-state index contributed by atoms with van der Waals surface area (Å²) in [5.41, 5.74) is 4.64. The van der Waals surface area contributed by atoms with E-state index in [1.54, 1.807) is 0 Å². The number of hydrogen-bond acceptors (Lipinski definition) is 6. The lowest BCUT2D eigenvalue weighted by Gasteiger charge is -2.28. The Morgan fingerprint density at radius 3 is 1.08 bits per heavy atom. The van der Waals surface area contributed by atoms with E-state index in [0.717, 1.165) is 96.8 Å². The minimum absolute atomic E-state index is 0.802. The van der Waals surface area contributed by atoms with Gasteiger partial charge in [-0.2, -0.15) is 0 Å². The summed E-state index contributed by atoms with van der Waals surface area (Å²) in [5, 5.41) is 0. The molecule has 2 saturated carbocycles. The molecule has 6 nitrogen and oxygen atoms in total. The van der Waals surface area contributed by atoms with Crippen molar-refractivity contribution in [3.05, 3.63) is 84.4 Å². The van der Waals surface area contributed by atoms with Crippen molar-refractivity contribution in [3.8, 4) is 34.3 Å². The summed E-state index contributed by atoms with van der Waals surface area (Å²) in [5.74, 6) is 7.24. The Kier molecular flexibility index (Phi) is 25.7. The van der Waals surface area contributed by atoms with Crippen molar-refractivity contribution >= 4 is 0 Å². The minimum atomic E-state index is 0.802. The molecule has 4 aromatic rings. The highest BCUT2D eigenvalue weighted by atomic mass is 16.5. The van der Waals surface area contributed by atoms with Crippen molar-refractivity contribution in [1.29, 1.82) is 0 Å². The molecule has 2 aliphatic rings. The van der Waals surface area contributed by atoms with Gasteiger partial charge in [-0.25, -0.2) is 19.9 Å². The zero-order chi connectivity index (χ0) is 45.6. The van der Waals surface area contributed by atoms with Gasteiger partial charge in [0.15, 0.2) is 11.6 Å². The lowest BCUT2D eigenvalue weighted by atomic mass is 9.78. The second kappa shape index (κ2) is 32.0. The molecule has 65 heavy (non-hydrogen) atoms. The largest absolute Gasteiger partial charge is 0.494 e. The monoisotopic (exact) mass is 887 g/mol. The predicted molar refractivity (Wildman–Crippen MR) is 275 cm³/mol. The van der Waals surface area contributed by atoms with E-state index < -0.39 is 0 Å². The molecule has 0 radical (unpaired) electrons. The van der Waals surface area contributed by atoms with E-state index in [-0.39, 0.29) is 0 Å². The maximum atomic E-state index is 5.91. The molecule has 2 aliphatic carbocycles. The Bertz CT molecular complexity index is 1740. The number of rotatable bonds is 29. The first-order chi connectivity index (χ1) is 32.1. The van der Waals surface area contributed by atoms with Crippen molar-refractivity contribution in [3.63, 3.8) is 0 Å². The molecule has 6 heteroatoms. The third-order valence-electron chi connectivity index (χ3n) is 14.6. The normalized spacial score (nSPS) is 18.5. The number of benzene rings is 2. The molecule has 6 rings (SSSR count). The smallest absolute Gasteiger partial charge is 0.159 e. The van der Waals surface area contributed by atoms with Crippen LogP contribution in [-0.4, -0.2) is 33.1 Å². The molecule has 0 bridgehead atoms. The molecule has 2 heterocycles. The van der Waals surface area contributed by atoms with E-state index in [9.17, 15) is 0 Å². The zero-order valence-electron chi connectivity index (χ0n) is 41.8. The first-order valence-electron chi connectivity index (χ1n) is 27.1. The van der Waals surface area contributed by atoms with Crippen LogP contribution in [0.25, 0.3) is 22.8 Å². The SMILES string of the molecule is CCCCCCCCCOc1ccc(-c2ncc(CCC3CCC(CC)CC3)cn2)cc1.CCCCCCCCCOc1ccc(-c2ncc(CCC3CCC(CCC)CC3)cn2)cc1. The van der Waals surface area contributed by atoms with Crippen LogP contribution in [0.15, 0.2) is 73.3 Å². The van der Waals surface area contributed by atoms with Crippen LogP contribution < -0.4 is 9.47 Å². The fraction of sp³-hybridized carbons (Fsp3) is 0.661. The van der Waals surface area contributed by atoms with Gasteiger partial charge in [0.05, 0.1) is 13.2 Å². The van der Waals surface area contributed by atoms with Gasteiger partial charge >= 0.3 is 0 Å². The molecular formula is C59H90N4O2. The van der Waals surface area contributed by atoms with Crippen molar-refractivity contribution in [2.24, 2.45) is 23.7 Å². The average Bonchev–Trinajstić information content (AvgIpc) is 3.36. The molecule has 2 aromatic heterocycles. The molecule has 0 aliphatic heterocycles. The van der Waals surface area contributed by atoms with Gasteiger partial charge in [0.1, 0.15) is 11.5 Å². The van der Waals surface area contributed by atoms with Crippen molar-refractivity contribution in [2.75, 3.05) is 13.2 Å². The van der Waals surface area contributed by atoms with E-state index in [1.807, 2.05) is 49.1 Å². The molecule has 358 valence electrons. The summed E-state index contributed by atoms with van der Waals surface area (Å²) in [7, 11) is 0. The maximum Gasteiger partial charge on any atom is 0.159 e. The first kappa shape index (κ1) is 52.2. The number of ether oxygens (including phenoxy) is 2. The highest BCUT2D eigenvalue weighted by Crippen LogP contribution is 2.35. The van der Waals surface area contributed by atoms with Crippen molar-refractivity contribution in [2.45, 2.75) is 214 Å². The third kappa shape index (κ3) is 20.7. The van der Waals surface area contributed by atoms with Crippen LogP contribution in [0.5, 0.6) is 11.5 Å². The van der Waals surface area contributed by atoms with Crippen LogP contribution >= 0.6 is 0 Å². The fourth-order valence-corrected chi connectivity index (χ4v) is 10.1. The van der Waals surface area contributed by atoms with Crippen LogP contribution in [-0.2, 0) is 12.8 Å². The molecule has 0 atom stereocenters. The minimum Gasteiger partial charge on any atom is -0.494 e. The third-order valence-corrected chi connectivity index (χ3v) is 14.6. The first-order valence-corrected chi connectivity index (χ1v) is 27.1. The van der Waals surface area contributed by atoms with Gasteiger partial charge < -0.3 is 9.47 Å². The zero-order valence-corrected chi connectivity index (χ0v) is 41.8. The summed E-state index contributed by atoms with van der Waals surface area (Å²) in [6.45, 7) is 10.8. The molecule has 2 aromatic carbocycles. The Morgan fingerprint density at radius 1 is 0.385 bits per heavy atom. The summed E-state index contributed by atoms with van der Waals surface area (Å²) in [6, 6.07) is 16.5. The summed E-state index contributed by atoms with van der Waals surface area (Å²) >= 11 is 0. The lowest BCUT2D eigenvalue weighted by molar-refractivity contribution is 0.252. The van der Waals surface area contributed by atoms with Gasteiger partial charge in [0, 0.05) is 35.9 Å². The molecular weight excluding hydrogens is 797 g/mol. The van der Waals surface area contributed by atoms with Gasteiger partial charge in [-0.05, 0) is 122 Å². The summed E-state index contributed by atoms with van der Waals surface area (Å²) in [6.07, 6.45) is 46.7. The van der Waals surface area contributed by atoms with Crippen LogP contribution in [0.1, 0.15) is 212 Å². The Hall–Kier alpha value is -3.80. The molecule has 0 unspecified atom stereocenters. The fourth-order valence-electron chi connectivity index (χ4n) is 10.1. The predicted octanol–water partition coefficient (Wildman–Crippen LogP) is 17.2. The van der Waals surface area contributed by atoms with Gasteiger partial charge in [0.25, 0.3) is 0 Å². The van der Waals surface area contributed by atoms with Gasteiger partial charge in [-0.15, -0.1) is 0 Å². The highest BCUT2D eigenvalue weighted by Gasteiger charge is 2.21. The second-order valence-corrected chi connectivity index (χ2v) is 19.9. The number of unbranched alkanes of at least 4 members (excludes halogenated alkanes) is 12. The Balaban J connectivity index is 0.000000244. The Labute approximate surface area is 397 Å². The van der Waals surface area contributed by atoms with Crippen molar-refractivity contribution in [1.82, 2.24) is 19.9 Å². The van der Waals surface area contributed by atoms with E-state index >= 15 is 0 Å². The van der Waals surface area contributed by atoms with Crippen LogP contribution in [0.3, 0.4) is 0 Å². The number of aryl methyl sites for hydroxylation is 2. The molecule has 0 saturated heterocycles. The van der Waals surface area contributed by atoms with Crippen molar-refractivity contribution < 1.29 is 9.47 Å². The van der Waals surface area contributed by atoms with E-state index in [1.165, 1.54) is 172 Å². The molecule has 0 spiro atoms. The average molecular weight is 887 g/mol. The summed E-state index contributed by atoms with van der Waals surface area (Å²) < 4.78 is 11.8.